The molecule has 4 aromatic rings. The van der Waals surface area contributed by atoms with Gasteiger partial charge < -0.3 is 24.0 Å². The zero-order valence-corrected chi connectivity index (χ0v) is 26.0. The Morgan fingerprint density at radius 2 is 1.58 bits per heavy atom. The number of rotatable bonds is 10. The monoisotopic (exact) mass is 645 g/mol. The number of ether oxygens (including phenoxy) is 2. The van der Waals surface area contributed by atoms with Crippen LogP contribution in [-0.4, -0.2) is 73.3 Å². The Hall–Kier alpha value is -4.22. The number of alkyl halides is 3. The highest BCUT2D eigenvalue weighted by molar-refractivity contribution is 6.18. The van der Waals surface area contributed by atoms with Crippen molar-refractivity contribution in [3.8, 4) is 11.5 Å². The molecule has 240 valence electrons. The minimum atomic E-state index is -4.39. The maximum atomic E-state index is 13.9. The predicted molar refractivity (Wildman–Crippen MR) is 168 cm³/mol. The molecule has 0 saturated carbocycles. The highest BCUT2D eigenvalue weighted by atomic mass is 35.5. The molecule has 5 rings (SSSR count). The number of hydrogen-bond acceptors (Lipinski definition) is 6. The molecule has 12 heteroatoms. The number of ketones is 1. The van der Waals surface area contributed by atoms with Crippen molar-refractivity contribution in [3.05, 3.63) is 88.6 Å². The van der Waals surface area contributed by atoms with E-state index < -0.39 is 17.7 Å². The van der Waals surface area contributed by atoms with Gasteiger partial charge in [0.05, 0.1) is 30.9 Å². The lowest BCUT2D eigenvalue weighted by Gasteiger charge is -2.36. The van der Waals surface area contributed by atoms with Crippen LogP contribution in [0.1, 0.15) is 32.7 Å². The minimum absolute atomic E-state index is 0. The van der Waals surface area contributed by atoms with Crippen LogP contribution >= 0.6 is 12.4 Å². The lowest BCUT2D eigenvalue weighted by molar-refractivity contribution is -0.138. The van der Waals surface area contributed by atoms with E-state index in [1.807, 2.05) is 11.0 Å². The fourth-order valence-electron chi connectivity index (χ4n) is 5.86. The summed E-state index contributed by atoms with van der Waals surface area (Å²) < 4.78 is 52.1. The second-order valence-corrected chi connectivity index (χ2v) is 10.8. The van der Waals surface area contributed by atoms with Crippen molar-refractivity contribution >= 4 is 40.7 Å². The molecule has 0 atom stereocenters. The molecule has 1 fully saturated rings. The van der Waals surface area contributed by atoms with E-state index >= 15 is 0 Å². The van der Waals surface area contributed by atoms with Gasteiger partial charge in [0.25, 0.3) is 0 Å². The topological polar surface area (TPSA) is 84.2 Å². The van der Waals surface area contributed by atoms with Crippen LogP contribution in [0.4, 0.5) is 18.9 Å². The van der Waals surface area contributed by atoms with Crippen molar-refractivity contribution in [1.82, 2.24) is 9.47 Å². The van der Waals surface area contributed by atoms with Crippen LogP contribution in [0, 0.1) is 6.92 Å². The third kappa shape index (κ3) is 7.20. The number of carboxylic acids is 1. The largest absolute Gasteiger partial charge is 0.497 e. The first-order valence-electron chi connectivity index (χ1n) is 14.2. The van der Waals surface area contributed by atoms with Gasteiger partial charge in [-0.15, -0.1) is 12.4 Å². The van der Waals surface area contributed by atoms with Gasteiger partial charge in [0, 0.05) is 61.1 Å². The summed E-state index contributed by atoms with van der Waals surface area (Å²) >= 11 is 0. The average molecular weight is 646 g/mol. The van der Waals surface area contributed by atoms with E-state index in [2.05, 4.69) is 4.90 Å². The number of carboxylic acid groups (broad SMARTS) is 1. The van der Waals surface area contributed by atoms with Crippen molar-refractivity contribution in [1.29, 1.82) is 0 Å². The predicted octanol–water partition coefficient (Wildman–Crippen LogP) is 6.09. The van der Waals surface area contributed by atoms with E-state index in [1.165, 1.54) is 12.1 Å². The molecule has 0 unspecified atom stereocenters. The highest BCUT2D eigenvalue weighted by Gasteiger charge is 2.31. The lowest BCUT2D eigenvalue weighted by atomic mass is 9.96. The maximum absolute atomic E-state index is 13.9. The van der Waals surface area contributed by atoms with Crippen LogP contribution in [-0.2, 0) is 23.9 Å². The van der Waals surface area contributed by atoms with Gasteiger partial charge in [0.2, 0.25) is 0 Å². The summed E-state index contributed by atoms with van der Waals surface area (Å²) in [4.78, 5) is 30.0. The van der Waals surface area contributed by atoms with Gasteiger partial charge in [-0.1, -0.05) is 6.07 Å². The quantitative estimate of drug-likeness (QED) is 0.209. The molecule has 2 heterocycles. The molecule has 8 nitrogen and oxygen atoms in total. The first-order valence-corrected chi connectivity index (χ1v) is 14.2. The Kier molecular flexibility index (Phi) is 10.3. The van der Waals surface area contributed by atoms with Crippen molar-refractivity contribution in [2.75, 3.05) is 51.8 Å². The number of aliphatic carboxylic acids is 1. The number of aromatic nitrogens is 1. The number of fused-ring (bicyclic) bond motifs is 1. The Morgan fingerprint density at radius 3 is 2.18 bits per heavy atom. The van der Waals surface area contributed by atoms with Gasteiger partial charge in [0.1, 0.15) is 18.0 Å². The van der Waals surface area contributed by atoms with E-state index in [0.717, 1.165) is 11.6 Å². The molecule has 0 bridgehead atoms. The van der Waals surface area contributed by atoms with E-state index in [-0.39, 0.29) is 24.7 Å². The van der Waals surface area contributed by atoms with Crippen molar-refractivity contribution < 1.29 is 37.3 Å². The summed E-state index contributed by atoms with van der Waals surface area (Å²) in [6.07, 6.45) is -3.84. The summed E-state index contributed by atoms with van der Waals surface area (Å²) in [5.41, 5.74) is 2.78. The van der Waals surface area contributed by atoms with Crippen LogP contribution < -0.4 is 14.4 Å². The molecule has 0 amide bonds. The lowest BCUT2D eigenvalue weighted by Crippen LogP contribution is -2.47. The van der Waals surface area contributed by atoms with Crippen molar-refractivity contribution in [2.45, 2.75) is 26.1 Å². The Bertz CT molecular complexity index is 1680. The smallest absolute Gasteiger partial charge is 0.416 e. The average Bonchev–Trinajstić information content (AvgIpc) is 3.29. The van der Waals surface area contributed by atoms with Crippen LogP contribution in [0.3, 0.4) is 0 Å². The third-order valence-electron chi connectivity index (χ3n) is 8.20. The standard InChI is InChI=1S/C33H34F3N3O5.ClH/c1-21-30(32(42)22-7-9-26(43-2)10-8-22)31-23(17-27(44-3)19-28(31)39(21)20-29(40)41)11-12-37-13-15-38(16-14-37)25-6-4-5-24(18-25)33(34,35)36;/h4-10,17-19H,11-16,20H2,1-3H3,(H,40,41);1H. The fourth-order valence-corrected chi connectivity index (χ4v) is 5.86. The number of nitrogens with zero attached hydrogens (tertiary/aromatic N) is 3. The summed E-state index contributed by atoms with van der Waals surface area (Å²) in [6.45, 7) is 4.53. The molecular formula is C33H35ClF3N3O5. The summed E-state index contributed by atoms with van der Waals surface area (Å²) in [5, 5.41) is 10.4. The summed E-state index contributed by atoms with van der Waals surface area (Å²) in [7, 11) is 3.09. The van der Waals surface area contributed by atoms with Crippen LogP contribution in [0.2, 0.25) is 0 Å². The molecule has 1 N–H and O–H groups in total. The summed E-state index contributed by atoms with van der Waals surface area (Å²) in [5.74, 6) is -0.0866. The van der Waals surface area contributed by atoms with Crippen molar-refractivity contribution in [2.24, 2.45) is 0 Å². The number of carbonyl (C=O) groups is 2. The molecule has 3 aromatic carbocycles. The molecule has 1 saturated heterocycles. The third-order valence-corrected chi connectivity index (χ3v) is 8.20. The number of carbonyl (C=O) groups excluding carboxylic acids is 1. The summed E-state index contributed by atoms with van der Waals surface area (Å²) in [6, 6.07) is 15.8. The Labute approximate surface area is 265 Å². The molecule has 0 spiro atoms. The number of benzene rings is 3. The zero-order chi connectivity index (χ0) is 31.6. The number of methoxy groups -OCH3 is 2. The molecule has 0 aliphatic carbocycles. The highest BCUT2D eigenvalue weighted by Crippen LogP contribution is 2.35. The van der Waals surface area contributed by atoms with Crippen LogP contribution in [0.25, 0.3) is 10.9 Å². The van der Waals surface area contributed by atoms with Gasteiger partial charge in [-0.3, -0.25) is 14.5 Å². The minimum Gasteiger partial charge on any atom is -0.497 e. The SMILES string of the molecule is COc1ccc(C(=O)c2c(C)n(CC(=O)O)c3cc(OC)cc(CCN4CCN(c5cccc(C(F)(F)F)c5)CC4)c23)cc1.Cl. The normalized spacial score (nSPS) is 13.9. The Morgan fingerprint density at radius 1 is 0.911 bits per heavy atom. The van der Waals surface area contributed by atoms with E-state index in [4.69, 9.17) is 9.47 Å². The molecule has 0 radical (unpaired) electrons. The fraction of sp³-hybridized carbons (Fsp3) is 0.333. The van der Waals surface area contributed by atoms with E-state index in [1.54, 1.807) is 62.1 Å². The molecule has 45 heavy (non-hydrogen) atoms. The first-order chi connectivity index (χ1) is 21.0. The first kappa shape index (κ1) is 33.7. The second kappa shape index (κ2) is 13.8. The van der Waals surface area contributed by atoms with E-state index in [0.29, 0.717) is 84.1 Å². The van der Waals surface area contributed by atoms with Crippen LogP contribution in [0.5, 0.6) is 11.5 Å². The van der Waals surface area contributed by atoms with E-state index in [9.17, 15) is 27.9 Å². The Balaban J connectivity index is 0.00000461. The number of piperazine rings is 1. The number of anilines is 1. The number of halogens is 4. The van der Waals surface area contributed by atoms with Gasteiger partial charge in [-0.05, 0) is 67.4 Å². The van der Waals surface area contributed by atoms with Crippen molar-refractivity contribution in [3.63, 3.8) is 0 Å². The molecule has 1 aliphatic rings. The van der Waals surface area contributed by atoms with Gasteiger partial charge in [0.15, 0.2) is 5.78 Å². The number of hydrogen-bond donors (Lipinski definition) is 1. The maximum Gasteiger partial charge on any atom is 0.416 e. The van der Waals surface area contributed by atoms with Crippen LogP contribution in [0.15, 0.2) is 60.7 Å². The van der Waals surface area contributed by atoms with Gasteiger partial charge in [-0.2, -0.15) is 13.2 Å². The van der Waals surface area contributed by atoms with Gasteiger partial charge in [-0.25, -0.2) is 0 Å². The molecule has 1 aromatic heterocycles. The molecule has 1 aliphatic heterocycles. The zero-order valence-electron chi connectivity index (χ0n) is 25.2. The van der Waals surface area contributed by atoms with Gasteiger partial charge >= 0.3 is 12.1 Å². The second-order valence-electron chi connectivity index (χ2n) is 10.8. The molecular weight excluding hydrogens is 611 g/mol.